The lowest BCUT2D eigenvalue weighted by molar-refractivity contribution is -0.255. The normalized spacial score (nSPS) is 10.5. The predicted molar refractivity (Wildman–Crippen MR) is 74.8 cm³/mol. The molecule has 0 N–H and O–H groups in total. The van der Waals surface area contributed by atoms with Gasteiger partial charge in [0.15, 0.2) is 0 Å². The summed E-state index contributed by atoms with van der Waals surface area (Å²) in [6.07, 6.45) is 0.365. The summed E-state index contributed by atoms with van der Waals surface area (Å²) in [5.41, 5.74) is 2.44. The van der Waals surface area contributed by atoms with Gasteiger partial charge in [0.25, 0.3) is 0 Å². The molecule has 0 saturated heterocycles. The molecule has 98 valence electrons. The number of aryl methyl sites for hydroxylation is 1. The van der Waals surface area contributed by atoms with Crippen LogP contribution in [0.3, 0.4) is 0 Å². The predicted octanol–water partition coefficient (Wildman–Crippen LogP) is 3.26. The zero-order chi connectivity index (χ0) is 14.0. The van der Waals surface area contributed by atoms with Gasteiger partial charge in [-0.15, -0.1) is 0 Å². The van der Waals surface area contributed by atoms with Crippen molar-refractivity contribution in [1.82, 2.24) is 0 Å². The Morgan fingerprint density at radius 2 is 1.84 bits per heavy atom. The van der Waals surface area contributed by atoms with E-state index in [0.29, 0.717) is 22.0 Å². The number of hydrogen-bond acceptors (Lipinski definition) is 2. The zero-order valence-electron chi connectivity index (χ0n) is 10.2. The Morgan fingerprint density at radius 1 is 1.16 bits per heavy atom. The van der Waals surface area contributed by atoms with Gasteiger partial charge in [0.05, 0.1) is 5.97 Å². The van der Waals surface area contributed by atoms with Gasteiger partial charge < -0.3 is 9.90 Å². The minimum absolute atomic E-state index is 0.163. The molecular weight excluding hydrogens is 283 g/mol. The molecule has 0 bridgehead atoms. The molecule has 0 atom stereocenters. The third-order valence-corrected chi connectivity index (χ3v) is 3.86. The van der Waals surface area contributed by atoms with E-state index in [-0.39, 0.29) is 5.56 Å². The zero-order valence-corrected chi connectivity index (χ0v) is 11.8. The third kappa shape index (κ3) is 2.91. The highest BCUT2D eigenvalue weighted by atomic mass is 35.5. The van der Waals surface area contributed by atoms with Gasteiger partial charge in [0.1, 0.15) is 0 Å². The van der Waals surface area contributed by atoms with E-state index in [2.05, 4.69) is 0 Å². The van der Waals surface area contributed by atoms with E-state index in [1.165, 1.54) is 6.07 Å². The molecule has 0 unspecified atom stereocenters. The highest BCUT2D eigenvalue weighted by Crippen LogP contribution is 2.30. The molecule has 2 aromatic rings. The summed E-state index contributed by atoms with van der Waals surface area (Å²) in [6, 6.07) is 10.3. The van der Waals surface area contributed by atoms with Crippen LogP contribution in [-0.4, -0.2) is 5.97 Å². The molecule has 2 rings (SSSR count). The Hall–Kier alpha value is -1.51. The van der Waals surface area contributed by atoms with Crippen LogP contribution in [0.1, 0.15) is 27.0 Å². The highest BCUT2D eigenvalue weighted by molar-refractivity contribution is 6.36. The molecule has 0 aliphatic rings. The van der Waals surface area contributed by atoms with Gasteiger partial charge in [0, 0.05) is 22.0 Å². The first-order chi connectivity index (χ1) is 9.00. The molecule has 2 aromatic carbocycles. The maximum Gasteiger partial charge on any atom is 0.0718 e. The number of halogens is 2. The van der Waals surface area contributed by atoms with Crippen LogP contribution in [0.2, 0.25) is 10.0 Å². The number of carboxylic acids is 1. The van der Waals surface area contributed by atoms with E-state index in [0.717, 1.165) is 11.1 Å². The van der Waals surface area contributed by atoms with Crippen molar-refractivity contribution in [2.75, 3.05) is 0 Å². The molecule has 0 fully saturated rings. The average Bonchev–Trinajstić information content (AvgIpc) is 2.39. The SMILES string of the molecule is Cc1ccc(Cl)c(Cc2ccccc2C(=O)[O-])c1Cl. The number of rotatable bonds is 3. The first-order valence-electron chi connectivity index (χ1n) is 5.73. The standard InChI is InChI=1S/C15H12Cl2O2/c1-9-6-7-13(16)12(14(9)17)8-10-4-2-3-5-11(10)15(18)19/h2-7H,8H2,1H3,(H,18,19)/p-1. The summed E-state index contributed by atoms with van der Waals surface area (Å²) in [5.74, 6) is -1.20. The molecule has 0 amide bonds. The van der Waals surface area contributed by atoms with Crippen LogP contribution in [0, 0.1) is 6.92 Å². The maximum absolute atomic E-state index is 11.1. The fourth-order valence-corrected chi connectivity index (χ4v) is 2.45. The van der Waals surface area contributed by atoms with Crippen LogP contribution < -0.4 is 5.11 Å². The number of carbonyl (C=O) groups is 1. The average molecular weight is 294 g/mol. The number of carbonyl (C=O) groups excluding carboxylic acids is 1. The minimum atomic E-state index is -1.20. The van der Waals surface area contributed by atoms with Crippen LogP contribution >= 0.6 is 23.2 Å². The van der Waals surface area contributed by atoms with Crippen molar-refractivity contribution in [3.8, 4) is 0 Å². The molecule has 0 radical (unpaired) electrons. The molecule has 0 saturated carbocycles. The Kier molecular flexibility index (Phi) is 4.13. The Morgan fingerprint density at radius 3 is 2.53 bits per heavy atom. The first-order valence-corrected chi connectivity index (χ1v) is 6.49. The largest absolute Gasteiger partial charge is 0.545 e. The second kappa shape index (κ2) is 5.64. The van der Waals surface area contributed by atoms with Crippen LogP contribution in [0.25, 0.3) is 0 Å². The first kappa shape index (κ1) is 13.9. The molecular formula is C15H11Cl2O2-. The van der Waals surface area contributed by atoms with Crippen molar-refractivity contribution in [2.24, 2.45) is 0 Å². The van der Waals surface area contributed by atoms with Gasteiger partial charge >= 0.3 is 0 Å². The molecule has 0 heterocycles. The Bertz CT molecular complexity index is 636. The van der Waals surface area contributed by atoms with Crippen molar-refractivity contribution in [2.45, 2.75) is 13.3 Å². The van der Waals surface area contributed by atoms with E-state index in [1.54, 1.807) is 24.3 Å². The summed E-state index contributed by atoms with van der Waals surface area (Å²) in [7, 11) is 0. The van der Waals surface area contributed by atoms with Crippen molar-refractivity contribution in [3.05, 3.63) is 68.7 Å². The van der Waals surface area contributed by atoms with Crippen LogP contribution in [0.15, 0.2) is 36.4 Å². The van der Waals surface area contributed by atoms with Crippen LogP contribution in [0.4, 0.5) is 0 Å². The van der Waals surface area contributed by atoms with E-state index in [9.17, 15) is 9.90 Å². The fourth-order valence-electron chi connectivity index (χ4n) is 1.94. The van der Waals surface area contributed by atoms with E-state index >= 15 is 0 Å². The summed E-state index contributed by atoms with van der Waals surface area (Å²) >= 11 is 12.4. The molecule has 19 heavy (non-hydrogen) atoms. The van der Waals surface area contributed by atoms with Gasteiger partial charge in [-0.2, -0.15) is 0 Å². The van der Waals surface area contributed by atoms with E-state index in [4.69, 9.17) is 23.2 Å². The minimum Gasteiger partial charge on any atom is -0.545 e. The topological polar surface area (TPSA) is 40.1 Å². The number of benzene rings is 2. The van der Waals surface area contributed by atoms with Crippen LogP contribution in [-0.2, 0) is 6.42 Å². The molecule has 0 spiro atoms. The molecule has 0 aromatic heterocycles. The van der Waals surface area contributed by atoms with Gasteiger partial charge in [-0.05, 0) is 29.7 Å². The van der Waals surface area contributed by atoms with Gasteiger partial charge in [-0.25, -0.2) is 0 Å². The molecule has 0 aliphatic carbocycles. The van der Waals surface area contributed by atoms with Crippen molar-refractivity contribution in [1.29, 1.82) is 0 Å². The quantitative estimate of drug-likeness (QED) is 0.871. The lowest BCUT2D eigenvalue weighted by atomic mass is 9.98. The Balaban J connectivity index is 2.48. The number of hydrogen-bond donors (Lipinski definition) is 0. The van der Waals surface area contributed by atoms with E-state index in [1.807, 2.05) is 13.0 Å². The van der Waals surface area contributed by atoms with Gasteiger partial charge in [0.2, 0.25) is 0 Å². The lowest BCUT2D eigenvalue weighted by Crippen LogP contribution is -2.23. The highest BCUT2D eigenvalue weighted by Gasteiger charge is 2.11. The fraction of sp³-hybridized carbons (Fsp3) is 0.133. The number of carboxylic acid groups (broad SMARTS) is 1. The molecule has 4 heteroatoms. The van der Waals surface area contributed by atoms with Crippen molar-refractivity contribution in [3.63, 3.8) is 0 Å². The summed E-state index contributed by atoms with van der Waals surface area (Å²) < 4.78 is 0. The van der Waals surface area contributed by atoms with Gasteiger partial charge in [-0.1, -0.05) is 53.5 Å². The second-order valence-corrected chi connectivity index (χ2v) is 5.06. The maximum atomic E-state index is 11.1. The third-order valence-electron chi connectivity index (χ3n) is 2.98. The molecule has 0 aliphatic heterocycles. The summed E-state index contributed by atoms with van der Waals surface area (Å²) in [5, 5.41) is 12.2. The molecule has 2 nitrogen and oxygen atoms in total. The van der Waals surface area contributed by atoms with E-state index < -0.39 is 5.97 Å². The van der Waals surface area contributed by atoms with Crippen molar-refractivity contribution >= 4 is 29.2 Å². The smallest absolute Gasteiger partial charge is 0.0718 e. The monoisotopic (exact) mass is 293 g/mol. The lowest BCUT2D eigenvalue weighted by Gasteiger charge is -2.13. The van der Waals surface area contributed by atoms with Crippen molar-refractivity contribution < 1.29 is 9.90 Å². The van der Waals surface area contributed by atoms with Gasteiger partial charge in [-0.3, -0.25) is 0 Å². The number of aromatic carboxylic acids is 1. The summed E-state index contributed by atoms with van der Waals surface area (Å²) in [6.45, 7) is 1.88. The van der Waals surface area contributed by atoms with Crippen LogP contribution in [0.5, 0.6) is 0 Å². The summed E-state index contributed by atoms with van der Waals surface area (Å²) in [4.78, 5) is 11.1. The Labute approximate surface area is 121 Å². The second-order valence-electron chi connectivity index (χ2n) is 4.28.